The highest BCUT2D eigenvalue weighted by Gasteiger charge is 2.18. The standard InChI is InChI=1S/C21H24FN5O2S/c1-14(2)25-19-11-17(23-13-24-19)18-12-30-21(26-18)27(3)20(28)15-5-7-16(8-6-15)29-10-4-9-22/h5-8,11-14H,4,9-10H2,1-3H3,(H,23,24,25)/i22-1. The molecule has 1 N–H and O–H groups in total. The van der Waals surface area contributed by atoms with Crippen molar-refractivity contribution < 1.29 is 13.9 Å². The van der Waals surface area contributed by atoms with E-state index in [0.29, 0.717) is 40.9 Å². The Hall–Kier alpha value is -3.07. The van der Waals surface area contributed by atoms with E-state index in [0.717, 1.165) is 5.82 Å². The number of ether oxygens (including phenoxy) is 1. The Balaban J connectivity index is 1.70. The molecule has 0 radical (unpaired) electrons. The smallest absolute Gasteiger partial charge is 0.259 e. The van der Waals surface area contributed by atoms with Gasteiger partial charge in [-0.15, -0.1) is 11.3 Å². The Kier molecular flexibility index (Phi) is 7.29. The van der Waals surface area contributed by atoms with E-state index in [1.165, 1.54) is 22.6 Å². The van der Waals surface area contributed by atoms with Crippen LogP contribution in [-0.4, -0.2) is 47.2 Å². The van der Waals surface area contributed by atoms with E-state index in [-0.39, 0.29) is 11.9 Å². The summed E-state index contributed by atoms with van der Waals surface area (Å²) in [7, 11) is 1.68. The van der Waals surface area contributed by atoms with E-state index in [9.17, 15) is 9.18 Å². The average Bonchev–Trinajstić information content (AvgIpc) is 3.23. The zero-order valence-corrected chi connectivity index (χ0v) is 17.9. The van der Waals surface area contributed by atoms with Crippen molar-refractivity contribution in [2.45, 2.75) is 26.3 Å². The molecule has 158 valence electrons. The van der Waals surface area contributed by atoms with Crippen LogP contribution < -0.4 is 15.0 Å². The maximum absolute atomic E-state index is 12.8. The number of alkyl halides is 1. The molecule has 0 saturated heterocycles. The zero-order chi connectivity index (χ0) is 21.5. The SMILES string of the molecule is CC(C)Nc1cc(-c2csc(N(C)C(=O)c3ccc(OCCC[18F])cc3)n2)ncn1. The van der Waals surface area contributed by atoms with Gasteiger partial charge in [-0.05, 0) is 38.1 Å². The summed E-state index contributed by atoms with van der Waals surface area (Å²) in [6.45, 7) is 3.96. The highest BCUT2D eigenvalue weighted by Crippen LogP contribution is 2.27. The second-order valence-electron chi connectivity index (χ2n) is 6.88. The van der Waals surface area contributed by atoms with Crippen molar-refractivity contribution in [3.05, 3.63) is 47.6 Å². The van der Waals surface area contributed by atoms with Crippen molar-refractivity contribution in [2.75, 3.05) is 30.5 Å². The molecule has 2 aromatic heterocycles. The molecule has 0 spiro atoms. The summed E-state index contributed by atoms with van der Waals surface area (Å²) in [6, 6.07) is 8.87. The molecule has 7 nitrogen and oxygen atoms in total. The number of carbonyl (C=O) groups excluding carboxylic acids is 1. The Labute approximate surface area is 179 Å². The van der Waals surface area contributed by atoms with Crippen molar-refractivity contribution in [2.24, 2.45) is 0 Å². The van der Waals surface area contributed by atoms with Gasteiger partial charge in [0.1, 0.15) is 23.6 Å². The van der Waals surface area contributed by atoms with Crippen molar-refractivity contribution in [1.82, 2.24) is 15.0 Å². The van der Waals surface area contributed by atoms with Crippen molar-refractivity contribution in [1.29, 1.82) is 0 Å². The lowest BCUT2D eigenvalue weighted by Gasteiger charge is -2.14. The number of rotatable bonds is 9. The lowest BCUT2D eigenvalue weighted by Crippen LogP contribution is -2.26. The molecule has 30 heavy (non-hydrogen) atoms. The summed E-state index contributed by atoms with van der Waals surface area (Å²) >= 11 is 1.36. The van der Waals surface area contributed by atoms with Crippen LogP contribution in [0.1, 0.15) is 30.6 Å². The van der Waals surface area contributed by atoms with Crippen molar-refractivity contribution in [3.8, 4) is 17.1 Å². The predicted molar refractivity (Wildman–Crippen MR) is 117 cm³/mol. The summed E-state index contributed by atoms with van der Waals surface area (Å²) in [5, 5.41) is 5.66. The van der Waals surface area contributed by atoms with Gasteiger partial charge in [-0.3, -0.25) is 14.1 Å². The lowest BCUT2D eigenvalue weighted by molar-refractivity contribution is 0.0993. The van der Waals surface area contributed by atoms with Crippen LogP contribution in [0.4, 0.5) is 15.3 Å². The van der Waals surface area contributed by atoms with Crippen LogP contribution in [0.3, 0.4) is 0 Å². The van der Waals surface area contributed by atoms with Gasteiger partial charge in [0.05, 0.1) is 19.0 Å². The summed E-state index contributed by atoms with van der Waals surface area (Å²) in [4.78, 5) is 27.4. The number of halogens is 1. The van der Waals surface area contributed by atoms with Gasteiger partial charge in [0.15, 0.2) is 5.13 Å². The summed E-state index contributed by atoms with van der Waals surface area (Å²) in [5.41, 5.74) is 1.88. The normalized spacial score (nSPS) is 10.8. The van der Waals surface area contributed by atoms with E-state index in [4.69, 9.17) is 4.74 Å². The molecule has 0 unspecified atom stereocenters. The lowest BCUT2D eigenvalue weighted by atomic mass is 10.2. The first-order valence-corrected chi connectivity index (χ1v) is 10.5. The first kappa shape index (κ1) is 21.6. The maximum atomic E-state index is 12.8. The molecule has 0 fully saturated rings. The number of carbonyl (C=O) groups is 1. The highest BCUT2D eigenvalue weighted by molar-refractivity contribution is 7.14. The molecular formula is C21H24FN5O2S. The largest absolute Gasteiger partial charge is 0.493 e. The van der Waals surface area contributed by atoms with Gasteiger partial charge < -0.3 is 10.1 Å². The second-order valence-corrected chi connectivity index (χ2v) is 7.72. The third kappa shape index (κ3) is 5.50. The van der Waals surface area contributed by atoms with Gasteiger partial charge in [-0.25, -0.2) is 15.0 Å². The number of anilines is 2. The average molecular weight is 429 g/mol. The summed E-state index contributed by atoms with van der Waals surface area (Å²) in [5.74, 6) is 1.15. The number of aromatic nitrogens is 3. The number of benzene rings is 1. The molecule has 3 rings (SSSR count). The third-order valence-electron chi connectivity index (χ3n) is 4.10. The molecule has 9 heteroatoms. The van der Waals surface area contributed by atoms with E-state index in [1.54, 1.807) is 31.3 Å². The van der Waals surface area contributed by atoms with Gasteiger partial charge in [0.2, 0.25) is 0 Å². The van der Waals surface area contributed by atoms with Crippen LogP contribution >= 0.6 is 11.3 Å². The molecule has 2 heterocycles. The van der Waals surface area contributed by atoms with E-state index in [2.05, 4.69) is 20.3 Å². The van der Waals surface area contributed by atoms with Gasteiger partial charge in [-0.1, -0.05) is 0 Å². The molecule has 0 aliphatic carbocycles. The van der Waals surface area contributed by atoms with Crippen LogP contribution in [0, 0.1) is 0 Å². The second kappa shape index (κ2) is 10.1. The van der Waals surface area contributed by atoms with E-state index >= 15 is 0 Å². The zero-order valence-electron chi connectivity index (χ0n) is 17.1. The summed E-state index contributed by atoms with van der Waals surface area (Å²) in [6.07, 6.45) is 1.84. The van der Waals surface area contributed by atoms with Crippen LogP contribution in [0.15, 0.2) is 42.0 Å². The topological polar surface area (TPSA) is 80.2 Å². The minimum absolute atomic E-state index is 0.184. The van der Waals surface area contributed by atoms with Gasteiger partial charge in [0, 0.05) is 36.5 Å². The fraction of sp³-hybridized carbons (Fsp3) is 0.333. The minimum atomic E-state index is -0.415. The molecule has 0 aliphatic rings. The molecule has 0 aliphatic heterocycles. The Morgan fingerprint density at radius 1 is 1.23 bits per heavy atom. The maximum Gasteiger partial charge on any atom is 0.259 e. The quantitative estimate of drug-likeness (QED) is 0.508. The highest BCUT2D eigenvalue weighted by atomic mass is 32.1. The fourth-order valence-corrected chi connectivity index (χ4v) is 3.41. The fourth-order valence-electron chi connectivity index (χ4n) is 2.63. The number of hydrogen-bond acceptors (Lipinski definition) is 7. The number of nitrogens with one attached hydrogen (secondary N) is 1. The Morgan fingerprint density at radius 3 is 2.70 bits per heavy atom. The molecule has 1 amide bonds. The summed E-state index contributed by atoms with van der Waals surface area (Å²) < 4.78 is 17.6. The van der Waals surface area contributed by atoms with Gasteiger partial charge >= 0.3 is 0 Å². The molecule has 0 saturated carbocycles. The van der Waals surface area contributed by atoms with Crippen LogP contribution in [0.25, 0.3) is 11.4 Å². The number of amides is 1. The molecule has 3 aromatic rings. The molecular weight excluding hydrogens is 404 g/mol. The van der Waals surface area contributed by atoms with Gasteiger partial charge in [-0.2, -0.15) is 0 Å². The molecule has 0 atom stereocenters. The first-order chi connectivity index (χ1) is 14.5. The van der Waals surface area contributed by atoms with Crippen LogP contribution in [0.5, 0.6) is 5.75 Å². The van der Waals surface area contributed by atoms with Crippen LogP contribution in [-0.2, 0) is 0 Å². The van der Waals surface area contributed by atoms with E-state index in [1.807, 2.05) is 25.3 Å². The van der Waals surface area contributed by atoms with Gasteiger partial charge in [0.25, 0.3) is 5.91 Å². The van der Waals surface area contributed by atoms with Crippen LogP contribution in [0.2, 0.25) is 0 Å². The Morgan fingerprint density at radius 2 is 2.00 bits per heavy atom. The Bertz CT molecular complexity index is 978. The first-order valence-electron chi connectivity index (χ1n) is 9.59. The number of nitrogens with zero attached hydrogens (tertiary/aromatic N) is 4. The van der Waals surface area contributed by atoms with Crippen molar-refractivity contribution in [3.63, 3.8) is 0 Å². The minimum Gasteiger partial charge on any atom is -0.493 e. The third-order valence-corrected chi connectivity index (χ3v) is 5.01. The predicted octanol–water partition coefficient (Wildman–Crippen LogP) is 4.44. The monoisotopic (exact) mass is 428 g/mol. The number of hydrogen-bond donors (Lipinski definition) is 1. The van der Waals surface area contributed by atoms with Crippen molar-refractivity contribution >= 4 is 28.2 Å². The number of thiazole rings is 1. The molecule has 0 bridgehead atoms. The molecule has 1 aromatic carbocycles. The van der Waals surface area contributed by atoms with E-state index < -0.39 is 6.67 Å².